The van der Waals surface area contributed by atoms with E-state index in [1.54, 1.807) is 0 Å². The monoisotopic (exact) mass is 422 g/mol. The maximum Gasteiger partial charge on any atom is 0.434 e. The van der Waals surface area contributed by atoms with Gasteiger partial charge in [0.1, 0.15) is 0 Å². The Morgan fingerprint density at radius 2 is 1.13 bits per heavy atom. The van der Waals surface area contributed by atoms with E-state index >= 15 is 0 Å². The predicted molar refractivity (Wildman–Crippen MR) is 43.8 cm³/mol. The summed E-state index contributed by atoms with van der Waals surface area (Å²) in [5.41, 5.74) is 0. The lowest BCUT2D eigenvalue weighted by Gasteiger charge is -2.28. The minimum atomic E-state index is -5.77. The van der Waals surface area contributed by atoms with Crippen LogP contribution in [0.4, 0.5) is 35.1 Å². The lowest BCUT2D eigenvalue weighted by Crippen LogP contribution is -2.49. The van der Waals surface area contributed by atoms with Crippen molar-refractivity contribution in [2.24, 2.45) is 0 Å². The fourth-order valence-electron chi connectivity index (χ4n) is 0.277. The number of halogens is 10. The van der Waals surface area contributed by atoms with Crippen molar-refractivity contribution in [1.82, 2.24) is 0 Å². The van der Waals surface area contributed by atoms with Crippen LogP contribution in [-0.4, -0.2) is 21.0 Å². The van der Waals surface area contributed by atoms with E-state index in [9.17, 15) is 35.1 Å². The molecule has 0 heterocycles. The molecule has 0 rings (SSSR count). The van der Waals surface area contributed by atoms with E-state index in [0.717, 1.165) is 15.9 Å². The van der Waals surface area contributed by atoms with Gasteiger partial charge in [-0.3, -0.25) is 0 Å². The van der Waals surface area contributed by atoms with Crippen molar-refractivity contribution in [1.29, 1.82) is 0 Å². The molecule has 0 radical (unpaired) electrons. The molecule has 92 valence electrons. The van der Waals surface area contributed by atoms with Gasteiger partial charge < -0.3 is 0 Å². The molecule has 0 unspecified atom stereocenters. The van der Waals surface area contributed by atoms with Gasteiger partial charge in [-0.2, -0.15) is 35.1 Å². The Balaban J connectivity index is 4.89. The van der Waals surface area contributed by atoms with Gasteiger partial charge in [0.2, 0.25) is 0 Å². The molecule has 1 nitrogen and oxygen atoms in total. The molecule has 0 amide bonds. The number of rotatable bonds is 4. The third kappa shape index (κ3) is 3.84. The summed E-state index contributed by atoms with van der Waals surface area (Å²) < 4.78 is 93.2. The first-order valence-electron chi connectivity index (χ1n) is 2.80. The first-order valence-corrected chi connectivity index (χ1v) is 4.67. The normalized spacial score (nSPS) is 15.6. The van der Waals surface area contributed by atoms with Crippen LogP contribution in [0.25, 0.3) is 0 Å². The van der Waals surface area contributed by atoms with Crippen LogP contribution in [0.15, 0.2) is 0 Å². The van der Waals surface area contributed by atoms with Crippen molar-refractivity contribution in [3.05, 3.63) is 0 Å². The maximum absolute atomic E-state index is 12.1. The molecule has 0 aromatic carbocycles. The topological polar surface area (TPSA) is 9.23 Å². The van der Waals surface area contributed by atoms with Crippen molar-refractivity contribution in [2.75, 3.05) is 0 Å². The average Bonchev–Trinajstić information content (AvgIpc) is 1.77. The summed E-state index contributed by atoms with van der Waals surface area (Å²) >= 11 is 0.816. The van der Waals surface area contributed by atoms with E-state index in [4.69, 9.17) is 0 Å². The molecule has 0 aliphatic rings. The largest absolute Gasteiger partial charge is 0.434 e. The molecule has 0 aromatic rings. The molecule has 15 heavy (non-hydrogen) atoms. The van der Waals surface area contributed by atoms with E-state index in [1.807, 2.05) is 0 Å². The molecular formula is C4BrF8IO. The van der Waals surface area contributed by atoms with Gasteiger partial charge in [0.25, 0.3) is 0 Å². The Kier molecular flexibility index (Phi) is 4.29. The first kappa shape index (κ1) is 15.6. The minimum Gasteiger partial charge on any atom is -0.244 e. The highest BCUT2D eigenvalue weighted by molar-refractivity contribution is 14.1. The second kappa shape index (κ2) is 4.13. The Morgan fingerprint density at radius 3 is 1.33 bits per heavy atom. The molecule has 0 N–H and O–H groups in total. The molecule has 0 aromatic heterocycles. The zero-order valence-electron chi connectivity index (χ0n) is 6.19. The fourth-order valence-corrected chi connectivity index (χ4v) is 0.468. The lowest BCUT2D eigenvalue weighted by molar-refractivity contribution is -0.436. The van der Waals surface area contributed by atoms with Crippen LogP contribution < -0.4 is 0 Å². The van der Waals surface area contributed by atoms with Crippen molar-refractivity contribution in [3.63, 3.8) is 0 Å². The summed E-state index contributed by atoms with van der Waals surface area (Å²) in [7, 11) is 0. The van der Waals surface area contributed by atoms with E-state index in [1.165, 1.54) is 0 Å². The molecule has 0 spiro atoms. The number of hydrogen-bond donors (Lipinski definition) is 0. The summed E-state index contributed by atoms with van der Waals surface area (Å²) in [5.74, 6) is 0. The van der Waals surface area contributed by atoms with Gasteiger partial charge in [0.15, 0.2) is 0 Å². The summed E-state index contributed by atoms with van der Waals surface area (Å²) in [6.45, 7) is 0. The average molecular weight is 423 g/mol. The fraction of sp³-hybridized carbons (Fsp3) is 1.00. The van der Waals surface area contributed by atoms with Crippen molar-refractivity contribution in [3.8, 4) is 0 Å². The van der Waals surface area contributed by atoms with Crippen LogP contribution in [-0.2, 0) is 4.74 Å². The molecule has 11 heteroatoms. The number of ether oxygens (including phenoxy) is 1. The number of alkyl halides is 10. The highest BCUT2D eigenvalue weighted by Gasteiger charge is 2.67. The van der Waals surface area contributed by atoms with Gasteiger partial charge >= 0.3 is 21.0 Å². The minimum absolute atomic E-state index is 0.214. The summed E-state index contributed by atoms with van der Waals surface area (Å²) in [4.78, 5) is -5.19. The van der Waals surface area contributed by atoms with Crippen LogP contribution in [0.1, 0.15) is 0 Å². The van der Waals surface area contributed by atoms with Gasteiger partial charge in [-0.1, -0.05) is 0 Å². The number of hydrogen-bond acceptors (Lipinski definition) is 1. The van der Waals surface area contributed by atoms with Crippen LogP contribution in [0.2, 0.25) is 0 Å². The van der Waals surface area contributed by atoms with E-state index in [-0.39, 0.29) is 22.6 Å². The van der Waals surface area contributed by atoms with E-state index < -0.39 is 21.0 Å². The Labute approximate surface area is 99.4 Å². The molecule has 0 bridgehead atoms. The van der Waals surface area contributed by atoms with Crippen LogP contribution in [0.5, 0.6) is 0 Å². The zero-order valence-corrected chi connectivity index (χ0v) is 9.93. The molecule has 0 aliphatic heterocycles. The summed E-state index contributed by atoms with van der Waals surface area (Å²) in [5, 5.41) is 0. The Bertz CT molecular complexity index is 208. The summed E-state index contributed by atoms with van der Waals surface area (Å²) in [6, 6.07) is 0. The standard InChI is InChI=1S/C4BrF8IO/c5-1(6,7)3(10,11)15-4(12,13)2(8,9)14. The van der Waals surface area contributed by atoms with E-state index in [2.05, 4.69) is 4.74 Å². The van der Waals surface area contributed by atoms with Gasteiger partial charge in [0, 0.05) is 38.5 Å². The highest BCUT2D eigenvalue weighted by Crippen LogP contribution is 2.49. The van der Waals surface area contributed by atoms with Crippen LogP contribution >= 0.6 is 38.5 Å². The SMILES string of the molecule is FC(F)(Br)C(F)(F)OC(F)(F)C(F)(F)I. The van der Waals surface area contributed by atoms with E-state index in [0.29, 0.717) is 0 Å². The lowest BCUT2D eigenvalue weighted by atomic mass is 10.6. The smallest absolute Gasteiger partial charge is 0.244 e. The molecule has 0 saturated heterocycles. The maximum atomic E-state index is 12.1. The second-order valence-corrected chi connectivity index (χ2v) is 4.48. The molecule has 0 saturated carbocycles. The van der Waals surface area contributed by atoms with Crippen LogP contribution in [0.3, 0.4) is 0 Å². The molecule has 0 fully saturated rings. The van der Waals surface area contributed by atoms with Gasteiger partial charge in [-0.25, -0.2) is 4.74 Å². The first-order chi connectivity index (χ1) is 6.21. The Hall–Kier alpha value is 0.610. The molecular weight excluding hydrogens is 423 g/mol. The molecule has 0 atom stereocenters. The zero-order chi connectivity index (χ0) is 12.7. The van der Waals surface area contributed by atoms with Gasteiger partial charge in [0.05, 0.1) is 0 Å². The molecule has 0 aliphatic carbocycles. The highest BCUT2D eigenvalue weighted by atomic mass is 127. The summed E-state index contributed by atoms with van der Waals surface area (Å²) in [6.07, 6.45) is -11.5. The Morgan fingerprint density at radius 1 is 0.800 bits per heavy atom. The predicted octanol–water partition coefficient (Wildman–Crippen LogP) is 4.20. The third-order valence-electron chi connectivity index (χ3n) is 0.916. The second-order valence-electron chi connectivity index (χ2n) is 2.13. The quantitative estimate of drug-likeness (QED) is 0.375. The van der Waals surface area contributed by atoms with Crippen molar-refractivity contribution >= 4 is 38.5 Å². The van der Waals surface area contributed by atoms with Crippen molar-refractivity contribution < 1.29 is 39.9 Å². The van der Waals surface area contributed by atoms with Gasteiger partial charge in [-0.15, -0.1) is 0 Å². The third-order valence-corrected chi connectivity index (χ3v) is 2.01. The van der Waals surface area contributed by atoms with Gasteiger partial charge in [-0.05, 0) is 0 Å². The van der Waals surface area contributed by atoms with Crippen LogP contribution in [0, 0.1) is 0 Å². The van der Waals surface area contributed by atoms with Crippen molar-refractivity contribution in [2.45, 2.75) is 21.0 Å².